The minimum absolute atomic E-state index is 0.00229. The van der Waals surface area contributed by atoms with Crippen molar-refractivity contribution in [3.8, 4) is 0 Å². The topological polar surface area (TPSA) is 40.6 Å². The summed E-state index contributed by atoms with van der Waals surface area (Å²) >= 11 is 0. The van der Waals surface area contributed by atoms with Crippen LogP contribution in [-0.4, -0.2) is 47.8 Å². The minimum atomic E-state index is -0.00229. The molecule has 1 aromatic rings. The molecule has 2 fully saturated rings. The second-order valence-electron chi connectivity index (χ2n) is 7.40. The molecule has 2 amide bonds. The Morgan fingerprint density at radius 3 is 2.44 bits per heavy atom. The molecule has 0 N–H and O–H groups in total. The molecule has 0 aromatic heterocycles. The Balaban J connectivity index is 1.58. The molecule has 0 spiro atoms. The molecule has 0 aliphatic carbocycles. The normalized spacial score (nSPS) is 24.7. The molecular formula is C21H30N2O2. The Hall–Kier alpha value is -1.84. The summed E-state index contributed by atoms with van der Waals surface area (Å²) in [6.07, 6.45) is 5.66. The van der Waals surface area contributed by atoms with Gasteiger partial charge in [0.1, 0.15) is 0 Å². The first-order valence-electron chi connectivity index (χ1n) is 9.80. The van der Waals surface area contributed by atoms with Crippen molar-refractivity contribution in [2.45, 2.75) is 51.4 Å². The summed E-state index contributed by atoms with van der Waals surface area (Å²) in [4.78, 5) is 28.9. The summed E-state index contributed by atoms with van der Waals surface area (Å²) in [5, 5.41) is 0. The molecule has 136 valence electrons. The highest BCUT2D eigenvalue weighted by molar-refractivity contribution is 5.81. The number of amides is 2. The van der Waals surface area contributed by atoms with Gasteiger partial charge < -0.3 is 9.80 Å². The summed E-state index contributed by atoms with van der Waals surface area (Å²) in [7, 11) is 0. The van der Waals surface area contributed by atoms with Crippen LogP contribution in [-0.2, 0) is 9.59 Å². The molecule has 1 aromatic carbocycles. The molecule has 4 nitrogen and oxygen atoms in total. The van der Waals surface area contributed by atoms with Crippen LogP contribution < -0.4 is 0 Å². The lowest BCUT2D eigenvalue weighted by Crippen LogP contribution is -2.46. The molecule has 2 aliphatic rings. The molecule has 4 heteroatoms. The zero-order valence-corrected chi connectivity index (χ0v) is 15.3. The van der Waals surface area contributed by atoms with Crippen molar-refractivity contribution in [3.63, 3.8) is 0 Å². The van der Waals surface area contributed by atoms with E-state index in [1.807, 2.05) is 11.8 Å². The Labute approximate surface area is 151 Å². The maximum absolute atomic E-state index is 13.0. The summed E-state index contributed by atoms with van der Waals surface area (Å²) in [6.45, 7) is 5.03. The first kappa shape index (κ1) is 18.0. The third-order valence-electron chi connectivity index (χ3n) is 5.74. The van der Waals surface area contributed by atoms with E-state index in [2.05, 4.69) is 35.2 Å². The SMILES string of the molecule is CCC(=O)N1CCC[C@@H](C(=O)N2CCC[C@H](c3ccccc3)CC2)C1. The maximum Gasteiger partial charge on any atom is 0.227 e. The van der Waals surface area contributed by atoms with Gasteiger partial charge in [-0.2, -0.15) is 0 Å². The second-order valence-corrected chi connectivity index (χ2v) is 7.40. The Morgan fingerprint density at radius 1 is 0.960 bits per heavy atom. The van der Waals surface area contributed by atoms with Gasteiger partial charge in [0.15, 0.2) is 0 Å². The van der Waals surface area contributed by atoms with Crippen molar-refractivity contribution in [1.29, 1.82) is 0 Å². The third kappa shape index (κ3) is 4.42. The van der Waals surface area contributed by atoms with E-state index >= 15 is 0 Å². The van der Waals surface area contributed by atoms with Gasteiger partial charge >= 0.3 is 0 Å². The Kier molecular flexibility index (Phi) is 6.11. The molecule has 25 heavy (non-hydrogen) atoms. The number of hydrogen-bond acceptors (Lipinski definition) is 2. The molecule has 0 radical (unpaired) electrons. The van der Waals surface area contributed by atoms with Crippen LogP contribution >= 0.6 is 0 Å². The molecule has 3 rings (SSSR count). The summed E-state index contributed by atoms with van der Waals surface area (Å²) in [5.41, 5.74) is 1.40. The van der Waals surface area contributed by atoms with Crippen LogP contribution in [0.4, 0.5) is 0 Å². The molecule has 2 saturated heterocycles. The van der Waals surface area contributed by atoms with E-state index < -0.39 is 0 Å². The van der Waals surface area contributed by atoms with Crippen LogP contribution in [0.5, 0.6) is 0 Å². The molecule has 2 atom stereocenters. The van der Waals surface area contributed by atoms with Crippen molar-refractivity contribution >= 4 is 11.8 Å². The predicted molar refractivity (Wildman–Crippen MR) is 99.2 cm³/mol. The van der Waals surface area contributed by atoms with E-state index in [0.29, 0.717) is 18.9 Å². The molecule has 0 unspecified atom stereocenters. The summed E-state index contributed by atoms with van der Waals surface area (Å²) in [5.74, 6) is 1.00. The van der Waals surface area contributed by atoms with E-state index in [1.165, 1.54) is 5.56 Å². The van der Waals surface area contributed by atoms with Gasteiger partial charge in [-0.25, -0.2) is 0 Å². The minimum Gasteiger partial charge on any atom is -0.342 e. The molecular weight excluding hydrogens is 312 g/mol. The van der Waals surface area contributed by atoms with Crippen LogP contribution in [0, 0.1) is 5.92 Å². The van der Waals surface area contributed by atoms with Crippen molar-refractivity contribution in [3.05, 3.63) is 35.9 Å². The number of piperidine rings is 1. The number of carbonyl (C=O) groups is 2. The van der Waals surface area contributed by atoms with Gasteiger partial charge in [-0.3, -0.25) is 9.59 Å². The summed E-state index contributed by atoms with van der Waals surface area (Å²) in [6, 6.07) is 10.7. The zero-order chi connectivity index (χ0) is 17.6. The van der Waals surface area contributed by atoms with E-state index in [-0.39, 0.29) is 17.7 Å². The fourth-order valence-corrected chi connectivity index (χ4v) is 4.26. The van der Waals surface area contributed by atoms with Gasteiger partial charge in [0.2, 0.25) is 11.8 Å². The zero-order valence-electron chi connectivity index (χ0n) is 15.3. The standard InChI is InChI=1S/C21H30N2O2/c1-2-20(24)23-14-7-11-19(16-23)21(25)22-13-6-10-18(12-15-22)17-8-4-3-5-9-17/h3-5,8-9,18-19H,2,6-7,10-16H2,1H3/t18-,19+/m0/s1. The van der Waals surface area contributed by atoms with Gasteiger partial charge in [-0.1, -0.05) is 37.3 Å². The third-order valence-corrected chi connectivity index (χ3v) is 5.74. The number of carbonyl (C=O) groups excluding carboxylic acids is 2. The van der Waals surface area contributed by atoms with Gasteiger partial charge in [0, 0.05) is 32.6 Å². The van der Waals surface area contributed by atoms with Gasteiger partial charge in [0.25, 0.3) is 0 Å². The van der Waals surface area contributed by atoms with Gasteiger partial charge in [0.05, 0.1) is 5.92 Å². The highest BCUT2D eigenvalue weighted by Gasteiger charge is 2.31. The molecule has 0 saturated carbocycles. The van der Waals surface area contributed by atoms with Crippen molar-refractivity contribution < 1.29 is 9.59 Å². The molecule has 2 aliphatic heterocycles. The highest BCUT2D eigenvalue weighted by Crippen LogP contribution is 2.29. The van der Waals surface area contributed by atoms with Crippen LogP contribution in [0.2, 0.25) is 0 Å². The van der Waals surface area contributed by atoms with E-state index in [9.17, 15) is 9.59 Å². The van der Waals surface area contributed by atoms with Crippen molar-refractivity contribution in [1.82, 2.24) is 9.80 Å². The van der Waals surface area contributed by atoms with Crippen LogP contribution in [0.1, 0.15) is 56.9 Å². The number of nitrogens with zero attached hydrogens (tertiary/aromatic N) is 2. The lowest BCUT2D eigenvalue weighted by molar-refractivity contribution is -0.140. The number of rotatable bonds is 3. The highest BCUT2D eigenvalue weighted by atomic mass is 16.2. The van der Waals surface area contributed by atoms with Gasteiger partial charge in [-0.15, -0.1) is 0 Å². The van der Waals surface area contributed by atoms with E-state index in [1.54, 1.807) is 0 Å². The quantitative estimate of drug-likeness (QED) is 0.844. The first-order valence-corrected chi connectivity index (χ1v) is 9.80. The predicted octanol–water partition coefficient (Wildman–Crippen LogP) is 3.43. The monoisotopic (exact) mass is 342 g/mol. The van der Waals surface area contributed by atoms with Crippen LogP contribution in [0.25, 0.3) is 0 Å². The average molecular weight is 342 g/mol. The number of hydrogen-bond donors (Lipinski definition) is 0. The van der Waals surface area contributed by atoms with Gasteiger partial charge in [-0.05, 0) is 43.6 Å². The van der Waals surface area contributed by atoms with E-state index in [4.69, 9.17) is 0 Å². The van der Waals surface area contributed by atoms with Crippen LogP contribution in [0.15, 0.2) is 30.3 Å². The first-order chi connectivity index (χ1) is 12.2. The smallest absolute Gasteiger partial charge is 0.227 e. The molecule has 0 bridgehead atoms. The average Bonchev–Trinajstić information content (AvgIpc) is 2.94. The number of likely N-dealkylation sites (tertiary alicyclic amines) is 2. The van der Waals surface area contributed by atoms with E-state index in [0.717, 1.165) is 51.7 Å². The fraction of sp³-hybridized carbons (Fsp3) is 0.619. The van der Waals surface area contributed by atoms with Crippen LogP contribution in [0.3, 0.4) is 0 Å². The Morgan fingerprint density at radius 2 is 1.68 bits per heavy atom. The largest absolute Gasteiger partial charge is 0.342 e. The number of benzene rings is 1. The second kappa shape index (κ2) is 8.50. The Bertz CT molecular complexity index is 587. The lowest BCUT2D eigenvalue weighted by atomic mass is 9.92. The lowest BCUT2D eigenvalue weighted by Gasteiger charge is -2.34. The van der Waals surface area contributed by atoms with Crippen molar-refractivity contribution in [2.75, 3.05) is 26.2 Å². The molecule has 2 heterocycles. The van der Waals surface area contributed by atoms with Crippen molar-refractivity contribution in [2.24, 2.45) is 5.92 Å². The summed E-state index contributed by atoms with van der Waals surface area (Å²) < 4.78 is 0. The maximum atomic E-state index is 13.0. The fourth-order valence-electron chi connectivity index (χ4n) is 4.26.